The van der Waals surface area contributed by atoms with E-state index in [1.165, 1.54) is 17.0 Å². The lowest BCUT2D eigenvalue weighted by Crippen LogP contribution is -2.57. The number of aromatic hydroxyl groups is 1. The Bertz CT molecular complexity index is 1070. The van der Waals surface area contributed by atoms with Gasteiger partial charge in [0.05, 0.1) is 12.5 Å². The molecule has 39 heavy (non-hydrogen) atoms. The molecule has 0 aromatic heterocycles. The number of likely N-dealkylation sites (tertiary alicyclic amines) is 1. The van der Waals surface area contributed by atoms with Gasteiger partial charge in [-0.15, -0.1) is 0 Å². The maximum absolute atomic E-state index is 13.5. The van der Waals surface area contributed by atoms with Gasteiger partial charge in [-0.1, -0.05) is 12.1 Å². The van der Waals surface area contributed by atoms with Crippen LogP contribution >= 0.6 is 0 Å². The first-order valence-corrected chi connectivity index (χ1v) is 12.3. The first-order valence-electron chi connectivity index (χ1n) is 12.3. The molecule has 1 aromatic rings. The summed E-state index contributed by atoms with van der Waals surface area (Å²) in [6, 6.07) is 1.03. The number of carboxylic acid groups (broad SMARTS) is 2. The summed E-state index contributed by atoms with van der Waals surface area (Å²) in [5, 5.41) is 33.1. The molecule has 4 atom stereocenters. The number of nitrogens with zero attached hydrogens (tertiary/aromatic N) is 2. The van der Waals surface area contributed by atoms with E-state index in [9.17, 15) is 34.2 Å². The number of phenols is 1. The fourth-order valence-electron chi connectivity index (χ4n) is 4.16. The van der Waals surface area contributed by atoms with Crippen LogP contribution in [0.25, 0.3) is 0 Å². The van der Waals surface area contributed by atoms with Gasteiger partial charge in [0.15, 0.2) is 5.96 Å². The fourth-order valence-corrected chi connectivity index (χ4v) is 4.16. The second-order valence-corrected chi connectivity index (χ2v) is 9.17. The number of nitrogens with one attached hydrogen (secondary N) is 2. The largest absolute Gasteiger partial charge is 0.508 e. The summed E-state index contributed by atoms with van der Waals surface area (Å²) in [6.07, 6.45) is 0.325. The summed E-state index contributed by atoms with van der Waals surface area (Å²) in [6.45, 7) is 0.327. The number of carbonyl (C=O) groups excluding carboxylic acids is 3. The third-order valence-corrected chi connectivity index (χ3v) is 6.12. The van der Waals surface area contributed by atoms with E-state index in [1.54, 1.807) is 12.1 Å². The van der Waals surface area contributed by atoms with E-state index in [0.29, 0.717) is 12.0 Å². The molecule has 1 aliphatic rings. The Morgan fingerprint density at radius 2 is 1.67 bits per heavy atom. The van der Waals surface area contributed by atoms with Crippen LogP contribution in [0.15, 0.2) is 29.3 Å². The fraction of sp³-hybridized carbons (Fsp3) is 0.500. The minimum atomic E-state index is -1.43. The highest BCUT2D eigenvalue weighted by Gasteiger charge is 2.38. The predicted octanol–water partition coefficient (Wildman–Crippen LogP) is -2.16. The summed E-state index contributed by atoms with van der Waals surface area (Å²) < 4.78 is 0. The van der Waals surface area contributed by atoms with Crippen molar-refractivity contribution in [2.75, 3.05) is 13.1 Å². The van der Waals surface area contributed by atoms with Crippen LogP contribution < -0.4 is 27.8 Å². The lowest BCUT2D eigenvalue weighted by atomic mass is 10.0. The Hall–Kier alpha value is -4.40. The molecule has 1 fully saturated rings. The zero-order valence-corrected chi connectivity index (χ0v) is 21.3. The van der Waals surface area contributed by atoms with E-state index < -0.39 is 60.2 Å². The van der Waals surface area contributed by atoms with Crippen LogP contribution in [0.2, 0.25) is 0 Å². The molecule has 1 aliphatic heterocycles. The van der Waals surface area contributed by atoms with Gasteiger partial charge in [0.1, 0.15) is 23.9 Å². The van der Waals surface area contributed by atoms with Crippen molar-refractivity contribution in [3.8, 4) is 5.75 Å². The zero-order valence-electron chi connectivity index (χ0n) is 21.3. The molecule has 214 valence electrons. The van der Waals surface area contributed by atoms with E-state index >= 15 is 0 Å². The zero-order chi connectivity index (χ0) is 29.1. The highest BCUT2D eigenvalue weighted by Crippen LogP contribution is 2.20. The van der Waals surface area contributed by atoms with Crippen molar-refractivity contribution in [3.63, 3.8) is 0 Å². The predicted molar refractivity (Wildman–Crippen MR) is 138 cm³/mol. The molecule has 0 aliphatic carbocycles. The quantitative estimate of drug-likeness (QED) is 0.0703. The van der Waals surface area contributed by atoms with Gasteiger partial charge >= 0.3 is 11.9 Å². The minimum absolute atomic E-state index is 0.00241. The number of aliphatic carboxylic acids is 2. The molecule has 0 bridgehead atoms. The van der Waals surface area contributed by atoms with Gasteiger partial charge in [0.2, 0.25) is 17.7 Å². The SMILES string of the molecule is NC(N)=NCCCC(NC(=O)C(N)CC(=O)O)C(=O)NC(Cc1ccc(O)cc1)C(=O)N1CCCC1C(=O)O. The van der Waals surface area contributed by atoms with Crippen LogP contribution in [0.1, 0.15) is 37.7 Å². The molecule has 0 spiro atoms. The van der Waals surface area contributed by atoms with Crippen molar-refractivity contribution >= 4 is 35.6 Å². The number of hydrogen-bond acceptors (Lipinski definition) is 8. The molecule has 11 N–H and O–H groups in total. The number of nitrogens with two attached hydrogens (primary N) is 3. The topological polar surface area (TPSA) is 264 Å². The van der Waals surface area contributed by atoms with Crippen LogP contribution in [0.5, 0.6) is 5.75 Å². The van der Waals surface area contributed by atoms with Crippen LogP contribution in [0.3, 0.4) is 0 Å². The average molecular weight is 550 g/mol. The van der Waals surface area contributed by atoms with E-state index in [-0.39, 0.29) is 50.5 Å². The monoisotopic (exact) mass is 549 g/mol. The number of carboxylic acids is 2. The number of benzene rings is 1. The van der Waals surface area contributed by atoms with Crippen LogP contribution in [-0.2, 0) is 30.4 Å². The number of guanidine groups is 1. The number of amides is 3. The molecular weight excluding hydrogens is 514 g/mol. The average Bonchev–Trinajstić information content (AvgIpc) is 3.36. The highest BCUT2D eigenvalue weighted by molar-refractivity contribution is 5.95. The second kappa shape index (κ2) is 14.5. The van der Waals surface area contributed by atoms with Gasteiger partial charge < -0.3 is 48.1 Å². The van der Waals surface area contributed by atoms with Crippen molar-refractivity contribution in [3.05, 3.63) is 29.8 Å². The number of aliphatic imine (C=N–C) groups is 1. The Labute approximate surface area is 224 Å². The van der Waals surface area contributed by atoms with Crippen molar-refractivity contribution in [2.45, 2.75) is 62.7 Å². The van der Waals surface area contributed by atoms with Crippen LogP contribution in [-0.4, -0.2) is 93.1 Å². The Balaban J connectivity index is 2.28. The Morgan fingerprint density at radius 3 is 2.26 bits per heavy atom. The van der Waals surface area contributed by atoms with Crippen molar-refractivity contribution < 1.29 is 39.3 Å². The smallest absolute Gasteiger partial charge is 0.326 e. The summed E-state index contributed by atoms with van der Waals surface area (Å²) >= 11 is 0. The van der Waals surface area contributed by atoms with Gasteiger partial charge in [-0.25, -0.2) is 4.79 Å². The summed E-state index contributed by atoms with van der Waals surface area (Å²) in [5.74, 6) is -4.89. The molecule has 15 heteroatoms. The van der Waals surface area contributed by atoms with Gasteiger partial charge in [-0.05, 0) is 43.4 Å². The molecule has 0 saturated carbocycles. The third-order valence-electron chi connectivity index (χ3n) is 6.12. The number of hydrogen-bond donors (Lipinski definition) is 8. The lowest BCUT2D eigenvalue weighted by Gasteiger charge is -2.29. The first-order chi connectivity index (χ1) is 18.4. The summed E-state index contributed by atoms with van der Waals surface area (Å²) in [5.41, 5.74) is 16.8. The van der Waals surface area contributed by atoms with E-state index in [0.717, 1.165) is 0 Å². The maximum atomic E-state index is 13.5. The molecule has 1 aromatic carbocycles. The molecule has 15 nitrogen and oxygen atoms in total. The van der Waals surface area contributed by atoms with Crippen molar-refractivity contribution in [2.24, 2.45) is 22.2 Å². The van der Waals surface area contributed by atoms with Crippen LogP contribution in [0, 0.1) is 0 Å². The van der Waals surface area contributed by atoms with E-state index in [2.05, 4.69) is 15.6 Å². The van der Waals surface area contributed by atoms with Gasteiger partial charge in [0, 0.05) is 19.5 Å². The maximum Gasteiger partial charge on any atom is 0.326 e. The molecule has 3 amide bonds. The minimum Gasteiger partial charge on any atom is -0.508 e. The molecular formula is C24H35N7O8. The van der Waals surface area contributed by atoms with Crippen molar-refractivity contribution in [1.29, 1.82) is 0 Å². The standard InChI is InChI=1S/C24H35N7O8/c25-15(12-19(33)34)20(35)29-16(3-1-9-28-24(26)27)21(36)30-17(11-13-5-7-14(32)8-6-13)22(37)31-10-2-4-18(31)23(38)39/h5-8,15-18,32H,1-4,9-12,25H2,(H,29,35)(H,30,36)(H,33,34)(H,38,39)(H4,26,27,28). The normalized spacial score (nSPS) is 16.9. The first kappa shape index (κ1) is 30.8. The number of rotatable bonds is 14. The Kier molecular flexibility index (Phi) is 11.5. The summed E-state index contributed by atoms with van der Waals surface area (Å²) in [4.78, 5) is 66.9. The highest BCUT2D eigenvalue weighted by atomic mass is 16.4. The third kappa shape index (κ3) is 9.77. The molecule has 2 rings (SSSR count). The van der Waals surface area contributed by atoms with Crippen LogP contribution in [0.4, 0.5) is 0 Å². The van der Waals surface area contributed by atoms with Crippen molar-refractivity contribution in [1.82, 2.24) is 15.5 Å². The molecule has 4 unspecified atom stereocenters. The molecule has 0 radical (unpaired) electrons. The van der Waals surface area contributed by atoms with Gasteiger partial charge in [0.25, 0.3) is 0 Å². The summed E-state index contributed by atoms with van der Waals surface area (Å²) in [7, 11) is 0. The van der Waals surface area contributed by atoms with Gasteiger partial charge in [-0.3, -0.25) is 24.2 Å². The van der Waals surface area contributed by atoms with E-state index in [1.807, 2.05) is 0 Å². The molecule has 1 heterocycles. The van der Waals surface area contributed by atoms with Gasteiger partial charge in [-0.2, -0.15) is 0 Å². The number of carbonyl (C=O) groups is 5. The molecule has 1 saturated heterocycles. The Morgan fingerprint density at radius 1 is 1.03 bits per heavy atom. The second-order valence-electron chi connectivity index (χ2n) is 9.17. The lowest BCUT2D eigenvalue weighted by molar-refractivity contribution is -0.149. The number of phenolic OH excluding ortho intramolecular Hbond substituents is 1. The van der Waals surface area contributed by atoms with E-state index in [4.69, 9.17) is 22.3 Å².